The van der Waals surface area contributed by atoms with Gasteiger partial charge in [-0.25, -0.2) is 15.6 Å². The van der Waals surface area contributed by atoms with Crippen molar-refractivity contribution in [1.29, 1.82) is 0 Å². The van der Waals surface area contributed by atoms with Crippen molar-refractivity contribution in [3.05, 3.63) is 40.3 Å². The topological polar surface area (TPSA) is 117 Å². The number of likely N-dealkylation sites (N-methyl/N-ethyl adjacent to an activating group) is 1. The van der Waals surface area contributed by atoms with Gasteiger partial charge in [0.2, 0.25) is 0 Å². The van der Waals surface area contributed by atoms with E-state index < -0.39 is 0 Å². The number of urea groups is 1. The molecule has 178 valence electrons. The lowest BCUT2D eigenvalue weighted by molar-refractivity contribution is 0.113. The fourth-order valence-electron chi connectivity index (χ4n) is 4.10. The number of piperazine rings is 1. The van der Waals surface area contributed by atoms with Crippen molar-refractivity contribution in [2.75, 3.05) is 51.3 Å². The zero-order chi connectivity index (χ0) is 23.2. The van der Waals surface area contributed by atoms with E-state index in [0.29, 0.717) is 12.5 Å². The van der Waals surface area contributed by atoms with Gasteiger partial charge in [0.25, 0.3) is 0 Å². The predicted octanol–water partition coefficient (Wildman–Crippen LogP) is 1.85. The van der Waals surface area contributed by atoms with Crippen LogP contribution in [0.1, 0.15) is 29.5 Å². The molecule has 0 unspecified atom stereocenters. The average Bonchev–Trinajstić information content (AvgIpc) is 3.32. The third kappa shape index (κ3) is 5.92. The molecule has 4 rings (SSSR count). The molecular formula is C22H32N8O2S. The van der Waals surface area contributed by atoms with Crippen LogP contribution in [0.2, 0.25) is 0 Å². The molecular weight excluding hydrogens is 440 g/mol. The number of aromatic nitrogens is 1. The summed E-state index contributed by atoms with van der Waals surface area (Å²) in [5.41, 5.74) is 1.68. The van der Waals surface area contributed by atoms with E-state index in [4.69, 9.17) is 21.4 Å². The van der Waals surface area contributed by atoms with Crippen molar-refractivity contribution in [3.63, 3.8) is 0 Å². The molecule has 0 radical (unpaired) electrons. The number of rotatable bonds is 6. The fourth-order valence-corrected chi connectivity index (χ4v) is 5.08. The Morgan fingerprint density at radius 1 is 1.18 bits per heavy atom. The molecule has 4 N–H and O–H groups in total. The molecule has 2 amide bonds. The first-order valence-electron chi connectivity index (χ1n) is 11.2. The maximum absolute atomic E-state index is 12.8. The predicted molar refractivity (Wildman–Crippen MR) is 130 cm³/mol. The Bertz CT molecular complexity index is 934. The van der Waals surface area contributed by atoms with E-state index in [1.54, 1.807) is 11.3 Å². The zero-order valence-electron chi connectivity index (χ0n) is 19.0. The number of hydrogen-bond acceptors (Lipinski definition) is 8. The molecule has 0 spiro atoms. The minimum absolute atomic E-state index is 0.189. The van der Waals surface area contributed by atoms with Gasteiger partial charge in [-0.2, -0.15) is 5.10 Å². The monoisotopic (exact) mass is 472 g/mol. The highest BCUT2D eigenvalue weighted by Gasteiger charge is 2.29. The van der Waals surface area contributed by atoms with Crippen molar-refractivity contribution in [3.8, 4) is 5.75 Å². The number of nitrogens with two attached hydrogens (primary N) is 2. The minimum atomic E-state index is 0.189. The molecule has 0 aliphatic carbocycles. The van der Waals surface area contributed by atoms with Gasteiger partial charge in [-0.05, 0) is 44.2 Å². The number of ether oxygens (including phenoxy) is 1. The molecule has 2 saturated heterocycles. The second kappa shape index (κ2) is 10.8. The Morgan fingerprint density at radius 2 is 1.85 bits per heavy atom. The molecule has 1 aromatic heterocycles. The summed E-state index contributed by atoms with van der Waals surface area (Å²) in [7, 11) is 2.10. The Labute approximate surface area is 198 Å². The van der Waals surface area contributed by atoms with Gasteiger partial charge >= 0.3 is 6.03 Å². The van der Waals surface area contributed by atoms with E-state index >= 15 is 0 Å². The van der Waals surface area contributed by atoms with E-state index in [1.165, 1.54) is 11.3 Å². The second-order valence-corrected chi connectivity index (χ2v) is 9.36. The first-order valence-corrected chi connectivity index (χ1v) is 12.1. The zero-order valence-corrected chi connectivity index (χ0v) is 19.8. The first kappa shape index (κ1) is 23.3. The second-order valence-electron chi connectivity index (χ2n) is 8.47. The Morgan fingerprint density at radius 3 is 2.52 bits per heavy atom. The highest BCUT2D eigenvalue weighted by Crippen LogP contribution is 2.31. The van der Waals surface area contributed by atoms with Crippen LogP contribution in [0.3, 0.4) is 0 Å². The molecule has 33 heavy (non-hydrogen) atoms. The summed E-state index contributed by atoms with van der Waals surface area (Å²) in [5, 5.41) is 7.93. The third-order valence-corrected chi connectivity index (χ3v) is 7.23. The van der Waals surface area contributed by atoms with Crippen LogP contribution >= 0.6 is 11.3 Å². The molecule has 1 aromatic carbocycles. The molecule has 0 saturated carbocycles. The number of hydrazone groups is 1. The number of hydrazine groups is 1. The maximum Gasteiger partial charge on any atom is 0.320 e. The molecule has 2 aromatic rings. The van der Waals surface area contributed by atoms with Crippen molar-refractivity contribution < 1.29 is 9.53 Å². The smallest absolute Gasteiger partial charge is 0.320 e. The number of benzene rings is 1. The van der Waals surface area contributed by atoms with Crippen LogP contribution in [-0.2, 0) is 6.61 Å². The Kier molecular flexibility index (Phi) is 7.63. The maximum atomic E-state index is 12.8. The van der Waals surface area contributed by atoms with Gasteiger partial charge < -0.3 is 25.3 Å². The molecule has 2 aliphatic heterocycles. The normalized spacial score (nSPS) is 18.1. The van der Waals surface area contributed by atoms with E-state index in [9.17, 15) is 4.79 Å². The van der Waals surface area contributed by atoms with Gasteiger partial charge in [0.05, 0.1) is 16.4 Å². The number of carbonyl (C=O) groups is 1. The summed E-state index contributed by atoms with van der Waals surface area (Å²) in [5.74, 6) is 12.0. The molecule has 2 aliphatic rings. The Balaban J connectivity index is 1.24. The SMILES string of the molecule is CN1CCN(C(=O)N2CCC(c3nc(COc4ccc(N(N)/C=N\N)cc4)cs3)CC2)CC1. The lowest BCUT2D eigenvalue weighted by Gasteiger charge is -2.38. The minimum Gasteiger partial charge on any atom is -0.487 e. The number of likely N-dealkylation sites (tertiary alicyclic amines) is 1. The number of carbonyl (C=O) groups excluding carboxylic acids is 1. The Hall–Kier alpha value is -2.89. The van der Waals surface area contributed by atoms with Crippen molar-refractivity contribution in [2.45, 2.75) is 25.4 Å². The van der Waals surface area contributed by atoms with E-state index in [2.05, 4.69) is 22.4 Å². The van der Waals surface area contributed by atoms with Crippen molar-refractivity contribution >= 4 is 29.4 Å². The quantitative estimate of drug-likeness (QED) is 0.285. The van der Waals surface area contributed by atoms with Crippen LogP contribution in [0.15, 0.2) is 34.7 Å². The first-order chi connectivity index (χ1) is 16.0. The van der Waals surface area contributed by atoms with Crippen molar-refractivity contribution in [1.82, 2.24) is 19.7 Å². The molecule has 10 nitrogen and oxygen atoms in total. The standard InChI is InChI=1S/C22H32N8O2S/c1-27-10-12-29(13-11-27)22(31)28-8-6-17(7-9-28)21-26-18(15-33-21)14-32-20-4-2-19(3-5-20)30(24)16-25-23/h2-5,15-17H,6-14,23-24H2,1H3/b25-16-. The number of nitrogens with zero attached hydrogens (tertiary/aromatic N) is 6. The van der Waals surface area contributed by atoms with Crippen LogP contribution in [0.25, 0.3) is 0 Å². The molecule has 0 bridgehead atoms. The van der Waals surface area contributed by atoms with Gasteiger partial charge in [0.15, 0.2) is 0 Å². The highest BCUT2D eigenvalue weighted by molar-refractivity contribution is 7.09. The van der Waals surface area contributed by atoms with Gasteiger partial charge in [0, 0.05) is 50.6 Å². The van der Waals surface area contributed by atoms with E-state index in [0.717, 1.165) is 74.2 Å². The van der Waals surface area contributed by atoms with Gasteiger partial charge in [-0.3, -0.25) is 5.01 Å². The van der Waals surface area contributed by atoms with Crippen LogP contribution < -0.4 is 21.4 Å². The average molecular weight is 473 g/mol. The number of hydrogen-bond donors (Lipinski definition) is 2. The van der Waals surface area contributed by atoms with E-state index in [1.807, 2.05) is 34.1 Å². The number of amides is 2. The molecule has 2 fully saturated rings. The van der Waals surface area contributed by atoms with Crippen LogP contribution in [-0.4, -0.2) is 78.4 Å². The fraction of sp³-hybridized carbons (Fsp3) is 0.500. The highest BCUT2D eigenvalue weighted by atomic mass is 32.1. The summed E-state index contributed by atoms with van der Waals surface area (Å²) in [6.45, 7) is 5.53. The van der Waals surface area contributed by atoms with Gasteiger partial charge in [0.1, 0.15) is 18.7 Å². The number of thiazole rings is 1. The van der Waals surface area contributed by atoms with Gasteiger partial charge in [-0.15, -0.1) is 11.3 Å². The summed E-state index contributed by atoms with van der Waals surface area (Å²) >= 11 is 1.68. The molecule has 3 heterocycles. The van der Waals surface area contributed by atoms with Crippen molar-refractivity contribution in [2.24, 2.45) is 16.8 Å². The van der Waals surface area contributed by atoms with Crippen LogP contribution in [0, 0.1) is 0 Å². The largest absolute Gasteiger partial charge is 0.487 e. The van der Waals surface area contributed by atoms with Crippen LogP contribution in [0.4, 0.5) is 10.5 Å². The summed E-state index contributed by atoms with van der Waals surface area (Å²) in [6, 6.07) is 7.55. The molecule has 11 heteroatoms. The number of piperidine rings is 1. The summed E-state index contributed by atoms with van der Waals surface area (Å²) < 4.78 is 5.88. The summed E-state index contributed by atoms with van der Waals surface area (Å²) in [4.78, 5) is 23.9. The van der Waals surface area contributed by atoms with E-state index in [-0.39, 0.29) is 6.03 Å². The summed E-state index contributed by atoms with van der Waals surface area (Å²) in [6.07, 6.45) is 3.24. The number of anilines is 1. The van der Waals surface area contributed by atoms with Gasteiger partial charge in [-0.1, -0.05) is 0 Å². The third-order valence-electron chi connectivity index (χ3n) is 6.17. The lowest BCUT2D eigenvalue weighted by atomic mass is 9.98. The van der Waals surface area contributed by atoms with Crippen LogP contribution in [0.5, 0.6) is 5.75 Å². The molecule has 0 atom stereocenters. The lowest BCUT2D eigenvalue weighted by Crippen LogP contribution is -2.53.